The second-order valence-electron chi connectivity index (χ2n) is 6.97. The number of aryl methyl sites for hydroxylation is 2. The number of nitrogens with one attached hydrogen (secondary N) is 1. The van der Waals surface area contributed by atoms with Crippen molar-refractivity contribution in [2.24, 2.45) is 4.99 Å². The molecule has 1 aromatic carbocycles. The summed E-state index contributed by atoms with van der Waals surface area (Å²) in [5.41, 5.74) is 0. The highest BCUT2D eigenvalue weighted by molar-refractivity contribution is 5.79. The zero-order valence-corrected chi connectivity index (χ0v) is 16.5. The number of ether oxygens (including phenoxy) is 1. The van der Waals surface area contributed by atoms with Gasteiger partial charge < -0.3 is 19.5 Å². The third-order valence-corrected chi connectivity index (χ3v) is 5.03. The Labute approximate surface area is 162 Å². The number of likely N-dealkylation sites (tertiary alicyclic amines) is 1. The van der Waals surface area contributed by atoms with Gasteiger partial charge in [0.1, 0.15) is 17.7 Å². The lowest BCUT2D eigenvalue weighted by atomic mass is 10.1. The van der Waals surface area contributed by atoms with E-state index >= 15 is 0 Å². The van der Waals surface area contributed by atoms with E-state index in [-0.39, 0.29) is 0 Å². The van der Waals surface area contributed by atoms with Gasteiger partial charge in [0.25, 0.3) is 0 Å². The third-order valence-electron chi connectivity index (χ3n) is 5.03. The number of aromatic nitrogens is 2. The van der Waals surface area contributed by atoms with Crippen LogP contribution in [0.3, 0.4) is 0 Å². The smallest absolute Gasteiger partial charge is 0.193 e. The Kier molecular flexibility index (Phi) is 7.13. The molecule has 0 atom stereocenters. The van der Waals surface area contributed by atoms with Gasteiger partial charge in [-0.2, -0.15) is 0 Å². The normalized spacial score (nSPS) is 15.8. The zero-order chi connectivity index (χ0) is 18.9. The lowest BCUT2D eigenvalue weighted by Crippen LogP contribution is -2.47. The summed E-state index contributed by atoms with van der Waals surface area (Å²) in [6.45, 7) is 5.97. The van der Waals surface area contributed by atoms with E-state index in [1.54, 1.807) is 0 Å². The van der Waals surface area contributed by atoms with Crippen molar-refractivity contribution in [2.75, 3.05) is 26.7 Å². The van der Waals surface area contributed by atoms with Crippen molar-refractivity contribution in [3.63, 3.8) is 0 Å². The molecule has 2 heterocycles. The molecule has 1 aromatic heterocycles. The van der Waals surface area contributed by atoms with Gasteiger partial charge in [0.2, 0.25) is 0 Å². The van der Waals surface area contributed by atoms with Gasteiger partial charge in [-0.05, 0) is 31.9 Å². The highest BCUT2D eigenvalue weighted by Gasteiger charge is 2.22. The Bertz CT molecular complexity index is 704. The maximum Gasteiger partial charge on any atom is 0.193 e. The number of rotatable bonds is 7. The number of piperidine rings is 1. The van der Waals surface area contributed by atoms with Crippen molar-refractivity contribution >= 4 is 5.96 Å². The fourth-order valence-corrected chi connectivity index (χ4v) is 3.46. The molecule has 146 valence electrons. The first-order valence-electron chi connectivity index (χ1n) is 9.91. The van der Waals surface area contributed by atoms with Crippen LogP contribution in [0.2, 0.25) is 0 Å². The van der Waals surface area contributed by atoms with E-state index in [9.17, 15) is 0 Å². The van der Waals surface area contributed by atoms with E-state index < -0.39 is 0 Å². The average Bonchev–Trinajstić information content (AvgIpc) is 3.11. The first kappa shape index (κ1) is 19.3. The standard InChI is InChI=1S/C21H31N5O/c1-18-23-13-17-25(18)14-7-6-12-24-21(22-2)26-15-10-20(11-16-26)27-19-8-4-3-5-9-19/h3-5,8-9,13,17,20H,6-7,10-12,14-16H2,1-2H3,(H,22,24). The summed E-state index contributed by atoms with van der Waals surface area (Å²) in [5.74, 6) is 3.05. The summed E-state index contributed by atoms with van der Waals surface area (Å²) < 4.78 is 8.28. The molecular formula is C21H31N5O. The molecule has 0 saturated carbocycles. The van der Waals surface area contributed by atoms with Crippen molar-refractivity contribution in [3.05, 3.63) is 48.5 Å². The minimum absolute atomic E-state index is 0.292. The van der Waals surface area contributed by atoms with Crippen LogP contribution in [0, 0.1) is 6.92 Å². The Morgan fingerprint density at radius 1 is 1.22 bits per heavy atom. The Morgan fingerprint density at radius 2 is 2.00 bits per heavy atom. The first-order chi connectivity index (χ1) is 13.3. The summed E-state index contributed by atoms with van der Waals surface area (Å²) in [4.78, 5) is 11.1. The second-order valence-corrected chi connectivity index (χ2v) is 6.97. The predicted molar refractivity (Wildman–Crippen MR) is 109 cm³/mol. The van der Waals surface area contributed by atoms with Crippen LogP contribution in [0.25, 0.3) is 0 Å². The maximum absolute atomic E-state index is 6.08. The molecule has 1 fully saturated rings. The van der Waals surface area contributed by atoms with E-state index in [0.717, 1.165) is 69.4 Å². The molecule has 0 amide bonds. The number of unbranched alkanes of at least 4 members (excludes halogenated alkanes) is 1. The van der Waals surface area contributed by atoms with Gasteiger partial charge in [-0.25, -0.2) is 4.98 Å². The third kappa shape index (κ3) is 5.74. The van der Waals surface area contributed by atoms with Gasteiger partial charge in [-0.3, -0.25) is 4.99 Å². The van der Waals surface area contributed by atoms with Crippen LogP contribution in [-0.2, 0) is 6.54 Å². The van der Waals surface area contributed by atoms with Gasteiger partial charge in [-0.15, -0.1) is 0 Å². The number of para-hydroxylation sites is 1. The molecule has 0 unspecified atom stereocenters. The van der Waals surface area contributed by atoms with Crippen LogP contribution < -0.4 is 10.1 Å². The number of hydrogen-bond donors (Lipinski definition) is 1. The molecular weight excluding hydrogens is 338 g/mol. The fraction of sp³-hybridized carbons (Fsp3) is 0.524. The molecule has 1 aliphatic heterocycles. The number of hydrogen-bond acceptors (Lipinski definition) is 3. The van der Waals surface area contributed by atoms with Crippen LogP contribution in [0.1, 0.15) is 31.5 Å². The lowest BCUT2D eigenvalue weighted by molar-refractivity contribution is 0.129. The SMILES string of the molecule is CN=C(NCCCCn1ccnc1C)N1CCC(Oc2ccccc2)CC1. The molecule has 0 bridgehead atoms. The predicted octanol–water partition coefficient (Wildman–Crippen LogP) is 3.09. The van der Waals surface area contributed by atoms with Crippen molar-refractivity contribution in [2.45, 2.75) is 45.3 Å². The highest BCUT2D eigenvalue weighted by Crippen LogP contribution is 2.18. The van der Waals surface area contributed by atoms with E-state index in [1.165, 1.54) is 0 Å². The lowest BCUT2D eigenvalue weighted by Gasteiger charge is -2.34. The van der Waals surface area contributed by atoms with Crippen molar-refractivity contribution < 1.29 is 4.74 Å². The van der Waals surface area contributed by atoms with Crippen molar-refractivity contribution in [1.29, 1.82) is 0 Å². The van der Waals surface area contributed by atoms with E-state index in [4.69, 9.17) is 4.74 Å². The minimum Gasteiger partial charge on any atom is -0.490 e. The topological polar surface area (TPSA) is 54.7 Å². The maximum atomic E-state index is 6.08. The summed E-state index contributed by atoms with van der Waals surface area (Å²) in [6, 6.07) is 10.1. The number of nitrogens with zero attached hydrogens (tertiary/aromatic N) is 4. The average molecular weight is 370 g/mol. The summed E-state index contributed by atoms with van der Waals surface area (Å²) in [5, 5.41) is 3.51. The molecule has 6 heteroatoms. The van der Waals surface area contributed by atoms with Crippen molar-refractivity contribution in [3.8, 4) is 5.75 Å². The van der Waals surface area contributed by atoms with Crippen LogP contribution in [-0.4, -0.2) is 53.2 Å². The molecule has 0 aliphatic carbocycles. The van der Waals surface area contributed by atoms with Crippen LogP contribution in [0.5, 0.6) is 5.75 Å². The molecule has 3 rings (SSSR count). The largest absolute Gasteiger partial charge is 0.490 e. The zero-order valence-electron chi connectivity index (χ0n) is 16.5. The fourth-order valence-electron chi connectivity index (χ4n) is 3.46. The van der Waals surface area contributed by atoms with E-state index in [1.807, 2.05) is 56.7 Å². The molecule has 0 spiro atoms. The number of benzene rings is 1. The molecule has 1 saturated heterocycles. The van der Waals surface area contributed by atoms with Crippen LogP contribution in [0.4, 0.5) is 0 Å². The first-order valence-corrected chi connectivity index (χ1v) is 9.91. The molecule has 0 radical (unpaired) electrons. The van der Waals surface area contributed by atoms with Crippen LogP contribution in [0.15, 0.2) is 47.7 Å². The van der Waals surface area contributed by atoms with E-state index in [0.29, 0.717) is 6.10 Å². The van der Waals surface area contributed by atoms with Gasteiger partial charge >= 0.3 is 0 Å². The molecule has 2 aromatic rings. The Morgan fingerprint density at radius 3 is 2.67 bits per heavy atom. The van der Waals surface area contributed by atoms with Gasteiger partial charge in [0.05, 0.1) is 0 Å². The van der Waals surface area contributed by atoms with Gasteiger partial charge in [0, 0.05) is 58.5 Å². The van der Waals surface area contributed by atoms with Crippen molar-refractivity contribution in [1.82, 2.24) is 19.8 Å². The molecule has 1 aliphatic rings. The summed E-state index contributed by atoms with van der Waals surface area (Å²) >= 11 is 0. The summed E-state index contributed by atoms with van der Waals surface area (Å²) in [7, 11) is 1.86. The highest BCUT2D eigenvalue weighted by atomic mass is 16.5. The summed E-state index contributed by atoms with van der Waals surface area (Å²) in [6.07, 6.45) is 8.49. The Balaban J connectivity index is 1.34. The second kappa shape index (κ2) is 10.00. The number of aliphatic imine (C=N–C) groups is 1. The van der Waals surface area contributed by atoms with Gasteiger partial charge in [-0.1, -0.05) is 18.2 Å². The minimum atomic E-state index is 0.292. The monoisotopic (exact) mass is 369 g/mol. The Hall–Kier alpha value is -2.50. The van der Waals surface area contributed by atoms with Crippen LogP contribution >= 0.6 is 0 Å². The molecule has 27 heavy (non-hydrogen) atoms. The molecule has 1 N–H and O–H groups in total. The number of guanidine groups is 1. The van der Waals surface area contributed by atoms with Gasteiger partial charge in [0.15, 0.2) is 5.96 Å². The van der Waals surface area contributed by atoms with E-state index in [2.05, 4.69) is 24.8 Å². The quantitative estimate of drug-likeness (QED) is 0.463. The molecule has 6 nitrogen and oxygen atoms in total. The number of imidazole rings is 1.